The maximum absolute atomic E-state index is 12.8. The predicted octanol–water partition coefficient (Wildman–Crippen LogP) is 1.88. The monoisotopic (exact) mass is 529 g/mol. The number of aromatic nitrogens is 1. The van der Waals surface area contributed by atoms with E-state index in [-0.39, 0.29) is 36.9 Å². The van der Waals surface area contributed by atoms with Crippen molar-refractivity contribution in [3.63, 3.8) is 0 Å². The summed E-state index contributed by atoms with van der Waals surface area (Å²) in [5.41, 5.74) is 0.0810. The zero-order valence-electron chi connectivity index (χ0n) is 23.2. The molecule has 1 aromatic rings. The Balaban J connectivity index is 1.44. The Bertz CT molecular complexity index is 1030. The molecule has 1 atom stereocenters. The first-order chi connectivity index (χ1) is 17.9. The molecule has 3 amide bonds. The van der Waals surface area contributed by atoms with Crippen molar-refractivity contribution in [3.05, 3.63) is 23.4 Å². The van der Waals surface area contributed by atoms with Gasteiger partial charge in [0.05, 0.1) is 5.60 Å². The van der Waals surface area contributed by atoms with Crippen LogP contribution in [0.15, 0.2) is 12.1 Å². The highest BCUT2D eigenvalue weighted by Gasteiger charge is 2.44. The minimum atomic E-state index is -1.43. The highest BCUT2D eigenvalue weighted by molar-refractivity contribution is 5.89. The molecule has 0 radical (unpaired) electrons. The number of likely N-dealkylation sites (tertiary alicyclic amines) is 1. The molecule has 0 aliphatic carbocycles. The van der Waals surface area contributed by atoms with Gasteiger partial charge in [-0.05, 0) is 77.3 Å². The zero-order valence-corrected chi connectivity index (χ0v) is 23.2. The van der Waals surface area contributed by atoms with E-state index in [0.29, 0.717) is 19.5 Å². The molecule has 3 rings (SSSR count). The van der Waals surface area contributed by atoms with E-state index in [1.54, 1.807) is 18.7 Å². The summed E-state index contributed by atoms with van der Waals surface area (Å²) in [6.45, 7) is 7.76. The van der Waals surface area contributed by atoms with Crippen LogP contribution in [-0.4, -0.2) is 75.3 Å². The Kier molecular flexibility index (Phi) is 9.87. The van der Waals surface area contributed by atoms with E-state index in [2.05, 4.69) is 28.1 Å². The third kappa shape index (κ3) is 8.24. The van der Waals surface area contributed by atoms with Crippen LogP contribution in [0.25, 0.3) is 0 Å². The number of unbranched alkanes of at least 4 members (excludes halogenated alkanes) is 1. The van der Waals surface area contributed by atoms with Gasteiger partial charge in [-0.15, -0.1) is 0 Å². The van der Waals surface area contributed by atoms with E-state index in [1.807, 2.05) is 0 Å². The summed E-state index contributed by atoms with van der Waals surface area (Å²) in [5, 5.41) is 20.0. The first-order valence-electron chi connectivity index (χ1n) is 13.7. The molecular formula is C28H43N5O5. The fraction of sp³-hybridized carbons (Fsp3) is 0.679. The largest absolute Gasteiger partial charge is 0.387 e. The van der Waals surface area contributed by atoms with E-state index in [1.165, 1.54) is 19.4 Å². The number of aryl methyl sites for hydroxylation is 2. The lowest BCUT2D eigenvalue weighted by atomic mass is 9.82. The zero-order chi connectivity index (χ0) is 27.9. The highest BCUT2D eigenvalue weighted by Crippen LogP contribution is 2.28. The van der Waals surface area contributed by atoms with Crippen LogP contribution in [0.3, 0.4) is 0 Å². The number of carbonyl (C=O) groups is 4. The first-order valence-corrected chi connectivity index (χ1v) is 13.7. The molecule has 1 saturated heterocycles. The molecule has 2 aliphatic rings. The van der Waals surface area contributed by atoms with Crippen LogP contribution < -0.4 is 16.0 Å². The molecule has 2 aliphatic heterocycles. The van der Waals surface area contributed by atoms with Gasteiger partial charge in [0, 0.05) is 50.6 Å². The van der Waals surface area contributed by atoms with Gasteiger partial charge < -0.3 is 26.0 Å². The van der Waals surface area contributed by atoms with E-state index in [9.17, 15) is 24.3 Å². The Morgan fingerprint density at radius 3 is 2.53 bits per heavy atom. The molecule has 1 aromatic heterocycles. The number of ketones is 1. The number of rotatable bonds is 11. The number of piperidine rings is 1. The number of nitrogens with zero attached hydrogens (tertiary/aromatic N) is 2. The highest BCUT2D eigenvalue weighted by atomic mass is 16.3. The average molecular weight is 530 g/mol. The molecule has 10 heteroatoms. The molecule has 0 bridgehead atoms. The molecular weight excluding hydrogens is 486 g/mol. The van der Waals surface area contributed by atoms with Crippen molar-refractivity contribution < 1.29 is 24.3 Å². The van der Waals surface area contributed by atoms with Crippen LogP contribution in [-0.2, 0) is 32.0 Å². The lowest BCUT2D eigenvalue weighted by Gasteiger charge is -2.42. The lowest BCUT2D eigenvalue weighted by Crippen LogP contribution is -2.61. The lowest BCUT2D eigenvalue weighted by molar-refractivity contribution is -0.143. The number of amides is 3. The second kappa shape index (κ2) is 12.7. The summed E-state index contributed by atoms with van der Waals surface area (Å²) in [4.78, 5) is 55.6. The van der Waals surface area contributed by atoms with E-state index in [4.69, 9.17) is 4.98 Å². The van der Waals surface area contributed by atoms with Gasteiger partial charge in [0.15, 0.2) is 5.78 Å². The molecule has 210 valence electrons. The summed E-state index contributed by atoms with van der Waals surface area (Å²) >= 11 is 0. The number of hydrogen-bond donors (Lipinski definition) is 4. The van der Waals surface area contributed by atoms with Crippen LogP contribution in [0.2, 0.25) is 0 Å². The van der Waals surface area contributed by atoms with Crippen molar-refractivity contribution in [2.24, 2.45) is 0 Å². The van der Waals surface area contributed by atoms with Gasteiger partial charge >= 0.3 is 0 Å². The van der Waals surface area contributed by atoms with Crippen LogP contribution >= 0.6 is 0 Å². The molecule has 0 saturated carbocycles. The second-order valence-corrected chi connectivity index (χ2v) is 11.4. The van der Waals surface area contributed by atoms with Crippen LogP contribution in [0.4, 0.5) is 5.82 Å². The topological polar surface area (TPSA) is 141 Å². The number of pyridine rings is 1. The van der Waals surface area contributed by atoms with Crippen LogP contribution in [0, 0.1) is 0 Å². The number of carbonyl (C=O) groups excluding carboxylic acids is 4. The van der Waals surface area contributed by atoms with Crippen molar-refractivity contribution in [3.8, 4) is 0 Å². The first kappa shape index (κ1) is 29.5. The number of aliphatic hydroxyl groups is 1. The third-order valence-corrected chi connectivity index (χ3v) is 7.37. The molecule has 1 unspecified atom stereocenters. The van der Waals surface area contributed by atoms with Gasteiger partial charge in [0.25, 0.3) is 0 Å². The second-order valence-electron chi connectivity index (χ2n) is 11.4. The minimum absolute atomic E-state index is 0.0332. The Morgan fingerprint density at radius 2 is 1.87 bits per heavy atom. The Labute approximate surface area is 225 Å². The SMILES string of the molecule is CC(=O)NC(C)(C)CC(=O)NC(C(C)=O)C1(O)CCN(C(=O)CCCCc2ccc3c(n2)NCCC3)CC1. The third-order valence-electron chi connectivity index (χ3n) is 7.37. The van der Waals surface area contributed by atoms with Crippen molar-refractivity contribution in [1.29, 1.82) is 0 Å². The average Bonchev–Trinajstić information content (AvgIpc) is 2.84. The minimum Gasteiger partial charge on any atom is -0.387 e. The molecule has 0 aromatic carbocycles. The maximum atomic E-state index is 12.8. The molecule has 0 spiro atoms. The number of Topliss-reactive ketones (excluding diaryl/α,β-unsaturated/α-hetero) is 1. The molecule has 4 N–H and O–H groups in total. The molecule has 3 heterocycles. The van der Waals surface area contributed by atoms with Crippen molar-refractivity contribution in [2.75, 3.05) is 25.0 Å². The molecule has 10 nitrogen and oxygen atoms in total. The maximum Gasteiger partial charge on any atom is 0.223 e. The van der Waals surface area contributed by atoms with Crippen molar-refractivity contribution in [1.82, 2.24) is 20.5 Å². The van der Waals surface area contributed by atoms with Gasteiger partial charge in [-0.1, -0.05) is 6.07 Å². The number of nitrogens with one attached hydrogen (secondary N) is 3. The quantitative estimate of drug-likeness (QED) is 0.321. The summed E-state index contributed by atoms with van der Waals surface area (Å²) in [6.07, 6.45) is 5.42. The standard InChI is InChI=1S/C28H43N5O5/c1-19(34)25(31-23(36)18-27(3,4)32-20(2)35)28(38)13-16-33(17-14-28)24(37)10-6-5-9-22-12-11-21-8-7-15-29-26(21)30-22/h11-12,25,38H,5-10,13-18H2,1-4H3,(H,29,30)(H,31,36)(H,32,35). The smallest absolute Gasteiger partial charge is 0.223 e. The fourth-order valence-electron chi connectivity index (χ4n) is 5.43. The number of anilines is 1. The van der Waals surface area contributed by atoms with Gasteiger partial charge in [-0.2, -0.15) is 0 Å². The van der Waals surface area contributed by atoms with Crippen molar-refractivity contribution >= 4 is 29.3 Å². The van der Waals surface area contributed by atoms with Crippen molar-refractivity contribution in [2.45, 2.75) is 103 Å². The van der Waals surface area contributed by atoms with Gasteiger partial charge in [0.1, 0.15) is 11.9 Å². The molecule has 38 heavy (non-hydrogen) atoms. The summed E-state index contributed by atoms with van der Waals surface area (Å²) < 4.78 is 0. The van der Waals surface area contributed by atoms with E-state index < -0.39 is 23.1 Å². The van der Waals surface area contributed by atoms with Crippen LogP contribution in [0.1, 0.15) is 83.9 Å². The van der Waals surface area contributed by atoms with E-state index >= 15 is 0 Å². The van der Waals surface area contributed by atoms with Gasteiger partial charge in [-0.25, -0.2) is 4.98 Å². The normalized spacial score (nSPS) is 17.6. The summed E-state index contributed by atoms with van der Waals surface area (Å²) in [5.74, 6) is -0.00659. The fourth-order valence-corrected chi connectivity index (χ4v) is 5.43. The summed E-state index contributed by atoms with van der Waals surface area (Å²) in [7, 11) is 0. The number of hydrogen-bond acceptors (Lipinski definition) is 7. The Hall–Kier alpha value is -3.01. The molecule has 1 fully saturated rings. The van der Waals surface area contributed by atoms with E-state index in [0.717, 1.165) is 50.2 Å². The van der Waals surface area contributed by atoms with Crippen LogP contribution in [0.5, 0.6) is 0 Å². The number of fused-ring (bicyclic) bond motifs is 1. The van der Waals surface area contributed by atoms with Gasteiger partial charge in [0.2, 0.25) is 17.7 Å². The van der Waals surface area contributed by atoms with Gasteiger partial charge in [-0.3, -0.25) is 19.2 Å². The Morgan fingerprint density at radius 1 is 1.16 bits per heavy atom. The summed E-state index contributed by atoms with van der Waals surface area (Å²) in [6, 6.07) is 3.15. The predicted molar refractivity (Wildman–Crippen MR) is 144 cm³/mol.